The Morgan fingerprint density at radius 2 is 1.75 bits per heavy atom. The van der Waals surface area contributed by atoms with E-state index < -0.39 is 0 Å². The Balaban J connectivity index is 1.66. The zero-order valence-electron chi connectivity index (χ0n) is 11.0. The van der Waals surface area contributed by atoms with Crippen molar-refractivity contribution in [3.05, 3.63) is 45.6 Å². The number of benzene rings is 1. The molecule has 1 saturated heterocycles. The van der Waals surface area contributed by atoms with E-state index in [-0.39, 0.29) is 0 Å². The van der Waals surface area contributed by atoms with Crippen molar-refractivity contribution in [2.45, 2.75) is 0 Å². The van der Waals surface area contributed by atoms with Gasteiger partial charge in [0.25, 0.3) is 0 Å². The largest absolute Gasteiger partial charge is 0.368 e. The summed E-state index contributed by atoms with van der Waals surface area (Å²) in [5.74, 6) is 0. The summed E-state index contributed by atoms with van der Waals surface area (Å²) in [6.07, 6.45) is 0.913. The highest BCUT2D eigenvalue weighted by Gasteiger charge is 2.18. The summed E-state index contributed by atoms with van der Waals surface area (Å²) in [5, 5.41) is 2.83. The van der Waals surface area contributed by atoms with E-state index in [9.17, 15) is 4.79 Å². The maximum Gasteiger partial charge on any atom is 0.160 e. The molecule has 104 valence electrons. The fourth-order valence-electron chi connectivity index (χ4n) is 2.47. The van der Waals surface area contributed by atoms with Crippen LogP contribution in [0.3, 0.4) is 0 Å². The lowest BCUT2D eigenvalue weighted by Gasteiger charge is -2.37. The van der Waals surface area contributed by atoms with Crippen molar-refractivity contribution in [2.75, 3.05) is 36.0 Å². The average molecular weight is 307 g/mol. The molecule has 0 N–H and O–H groups in total. The number of carbonyl (C=O) groups excluding carboxylic acids is 1. The summed E-state index contributed by atoms with van der Waals surface area (Å²) < 4.78 is 0. The maximum atomic E-state index is 10.7. The van der Waals surface area contributed by atoms with E-state index in [1.54, 1.807) is 0 Å². The second kappa shape index (κ2) is 5.85. The topological polar surface area (TPSA) is 23.6 Å². The third kappa shape index (κ3) is 2.81. The number of carbonyl (C=O) groups is 1. The van der Waals surface area contributed by atoms with Gasteiger partial charge >= 0.3 is 0 Å². The van der Waals surface area contributed by atoms with Crippen LogP contribution in [0.1, 0.15) is 9.67 Å². The zero-order valence-corrected chi connectivity index (χ0v) is 12.5. The van der Waals surface area contributed by atoms with Crippen LogP contribution < -0.4 is 9.80 Å². The van der Waals surface area contributed by atoms with Crippen molar-refractivity contribution in [2.24, 2.45) is 0 Å². The van der Waals surface area contributed by atoms with Gasteiger partial charge < -0.3 is 9.80 Å². The molecule has 5 heteroatoms. The normalized spacial score (nSPS) is 15.4. The molecule has 1 aromatic heterocycles. The number of halogens is 1. The van der Waals surface area contributed by atoms with E-state index in [0.29, 0.717) is 0 Å². The molecule has 0 unspecified atom stereocenters. The summed E-state index contributed by atoms with van der Waals surface area (Å²) in [6.45, 7) is 3.85. The van der Waals surface area contributed by atoms with Gasteiger partial charge in [-0.1, -0.05) is 17.7 Å². The van der Waals surface area contributed by atoms with Crippen LogP contribution in [0.4, 0.5) is 11.4 Å². The predicted molar refractivity (Wildman–Crippen MR) is 85.6 cm³/mol. The average Bonchev–Trinajstić information content (AvgIpc) is 2.96. The summed E-state index contributed by atoms with van der Waals surface area (Å²) >= 11 is 7.54. The quantitative estimate of drug-likeness (QED) is 0.810. The summed E-state index contributed by atoms with van der Waals surface area (Å²) in [7, 11) is 0. The van der Waals surface area contributed by atoms with Crippen LogP contribution in [0.2, 0.25) is 5.02 Å². The summed E-state index contributed by atoms with van der Waals surface area (Å²) in [5.41, 5.74) is 2.33. The van der Waals surface area contributed by atoms with Gasteiger partial charge in [-0.05, 0) is 24.3 Å². The molecule has 0 saturated carbocycles. The van der Waals surface area contributed by atoms with Crippen LogP contribution >= 0.6 is 22.9 Å². The molecular formula is C15H15ClN2OS. The monoisotopic (exact) mass is 306 g/mol. The molecule has 0 radical (unpaired) electrons. The lowest BCUT2D eigenvalue weighted by atomic mass is 10.2. The number of thiophene rings is 1. The number of nitrogens with zero attached hydrogens (tertiary/aromatic N) is 2. The van der Waals surface area contributed by atoms with Gasteiger partial charge in [0.05, 0.1) is 4.88 Å². The fourth-order valence-corrected chi connectivity index (χ4v) is 3.37. The van der Waals surface area contributed by atoms with Gasteiger partial charge in [0.2, 0.25) is 0 Å². The minimum Gasteiger partial charge on any atom is -0.368 e. The van der Waals surface area contributed by atoms with Gasteiger partial charge in [-0.2, -0.15) is 0 Å². The van der Waals surface area contributed by atoms with E-state index in [1.807, 2.05) is 24.3 Å². The Morgan fingerprint density at radius 1 is 1.05 bits per heavy atom. The Bertz CT molecular complexity index is 605. The molecule has 2 aromatic rings. The van der Waals surface area contributed by atoms with Crippen LogP contribution in [0.5, 0.6) is 0 Å². The second-order valence-corrected chi connectivity index (χ2v) is 6.16. The van der Waals surface area contributed by atoms with E-state index >= 15 is 0 Å². The van der Waals surface area contributed by atoms with Crippen LogP contribution in [0, 0.1) is 0 Å². The SMILES string of the molecule is O=Cc1cc(N2CCN(c3cccc(Cl)c3)CC2)cs1. The first-order valence-electron chi connectivity index (χ1n) is 6.55. The number of aldehydes is 1. The van der Waals surface area contributed by atoms with E-state index in [4.69, 9.17) is 11.6 Å². The van der Waals surface area contributed by atoms with Crippen molar-refractivity contribution < 1.29 is 4.79 Å². The van der Waals surface area contributed by atoms with Crippen LogP contribution in [0.15, 0.2) is 35.7 Å². The van der Waals surface area contributed by atoms with Gasteiger partial charge in [-0.25, -0.2) is 0 Å². The molecular weight excluding hydrogens is 292 g/mol. The second-order valence-electron chi connectivity index (χ2n) is 4.78. The van der Waals surface area contributed by atoms with Crippen molar-refractivity contribution in [1.82, 2.24) is 0 Å². The van der Waals surface area contributed by atoms with Crippen molar-refractivity contribution in [1.29, 1.82) is 0 Å². The van der Waals surface area contributed by atoms with Gasteiger partial charge in [-0.3, -0.25) is 4.79 Å². The van der Waals surface area contributed by atoms with E-state index in [1.165, 1.54) is 17.0 Å². The third-order valence-electron chi connectivity index (χ3n) is 3.54. The summed E-state index contributed by atoms with van der Waals surface area (Å²) in [4.78, 5) is 16.2. The molecule has 0 aliphatic carbocycles. The molecule has 1 aliphatic heterocycles. The standard InChI is InChI=1S/C15H15ClN2OS/c16-12-2-1-3-13(8-12)17-4-6-18(7-5-17)14-9-15(10-19)20-11-14/h1-3,8-11H,4-7H2. The highest BCUT2D eigenvalue weighted by molar-refractivity contribution is 7.12. The van der Waals surface area contributed by atoms with Crippen molar-refractivity contribution in [3.8, 4) is 0 Å². The van der Waals surface area contributed by atoms with Crippen LogP contribution in [-0.2, 0) is 0 Å². The lowest BCUT2D eigenvalue weighted by Crippen LogP contribution is -2.46. The Kier molecular flexibility index (Phi) is 3.94. The Morgan fingerprint density at radius 3 is 2.35 bits per heavy atom. The Hall–Kier alpha value is -1.52. The first kappa shape index (κ1) is 13.5. The smallest absolute Gasteiger partial charge is 0.160 e. The number of hydrogen-bond acceptors (Lipinski definition) is 4. The van der Waals surface area contributed by atoms with Gasteiger partial charge in [0, 0.05) is 48.0 Å². The number of rotatable bonds is 3. The molecule has 3 nitrogen and oxygen atoms in total. The lowest BCUT2D eigenvalue weighted by molar-refractivity contribution is 0.112. The van der Waals surface area contributed by atoms with Gasteiger partial charge in [0.15, 0.2) is 6.29 Å². The molecule has 1 aliphatic rings. The summed E-state index contributed by atoms with van der Waals surface area (Å²) in [6, 6.07) is 9.95. The molecule has 1 aromatic carbocycles. The molecule has 0 spiro atoms. The molecule has 20 heavy (non-hydrogen) atoms. The minimum atomic E-state index is 0.776. The molecule has 2 heterocycles. The van der Waals surface area contributed by atoms with Crippen LogP contribution in [0.25, 0.3) is 0 Å². The van der Waals surface area contributed by atoms with E-state index in [0.717, 1.165) is 48.1 Å². The highest BCUT2D eigenvalue weighted by Crippen LogP contribution is 2.25. The third-order valence-corrected chi connectivity index (χ3v) is 4.62. The molecule has 1 fully saturated rings. The van der Waals surface area contributed by atoms with E-state index in [2.05, 4.69) is 21.2 Å². The predicted octanol–water partition coefficient (Wildman–Crippen LogP) is 3.54. The van der Waals surface area contributed by atoms with Crippen molar-refractivity contribution in [3.63, 3.8) is 0 Å². The minimum absolute atomic E-state index is 0.776. The fraction of sp³-hybridized carbons (Fsp3) is 0.267. The molecule has 0 amide bonds. The molecule has 0 atom stereocenters. The first-order chi connectivity index (χ1) is 9.76. The number of hydrogen-bond donors (Lipinski definition) is 0. The number of piperazine rings is 1. The first-order valence-corrected chi connectivity index (χ1v) is 7.81. The highest BCUT2D eigenvalue weighted by atomic mass is 35.5. The van der Waals surface area contributed by atoms with Crippen LogP contribution in [-0.4, -0.2) is 32.5 Å². The zero-order chi connectivity index (χ0) is 13.9. The molecule has 0 bridgehead atoms. The van der Waals surface area contributed by atoms with Crippen molar-refractivity contribution >= 4 is 40.6 Å². The Labute approximate surface area is 127 Å². The van der Waals surface area contributed by atoms with Gasteiger partial charge in [0.1, 0.15) is 0 Å². The van der Waals surface area contributed by atoms with Gasteiger partial charge in [-0.15, -0.1) is 11.3 Å². The maximum absolute atomic E-state index is 10.7. The number of anilines is 2. The molecule has 3 rings (SSSR count).